The molecule has 2 heterocycles. The van der Waals surface area contributed by atoms with E-state index in [-0.39, 0.29) is 78.0 Å². The van der Waals surface area contributed by atoms with Crippen LogP contribution in [0.15, 0.2) is 59.6 Å². The second-order valence-corrected chi connectivity index (χ2v) is 15.7. The first kappa shape index (κ1) is 51.5. The number of esters is 1. The Morgan fingerprint density at radius 2 is 1.36 bits per heavy atom. The number of guanidine groups is 1. The number of phenolic OH excluding ortho intramolecular Hbond substituents is 2. The molecule has 0 fully saturated rings. The van der Waals surface area contributed by atoms with Gasteiger partial charge in [-0.25, -0.2) is 4.79 Å². The van der Waals surface area contributed by atoms with Crippen molar-refractivity contribution < 1.29 is 62.7 Å². The molecule has 3 aromatic carbocycles. The molecule has 0 saturated carbocycles. The minimum absolute atomic E-state index is 0.00414. The molecule has 0 aliphatic carbocycles. The average Bonchev–Trinajstić information content (AvgIpc) is 3.59. The molecule has 21 nitrogen and oxygen atoms in total. The fourth-order valence-corrected chi connectivity index (χ4v) is 7.41. The predicted molar refractivity (Wildman–Crippen MR) is 243 cm³/mol. The zero-order valence-electron chi connectivity index (χ0n) is 36.8. The Bertz CT molecular complexity index is 2220. The molecule has 5 rings (SSSR count). The van der Waals surface area contributed by atoms with Gasteiger partial charge in [-0.1, -0.05) is 0 Å². The summed E-state index contributed by atoms with van der Waals surface area (Å²) in [5, 5.41) is 30.9. The Morgan fingerprint density at radius 1 is 0.746 bits per heavy atom. The molecule has 362 valence electrons. The molecule has 0 aromatic heterocycles. The van der Waals surface area contributed by atoms with Crippen LogP contribution in [0.1, 0.15) is 75.9 Å². The summed E-state index contributed by atoms with van der Waals surface area (Å²) in [6.45, 7) is 2.65. The van der Waals surface area contributed by atoms with E-state index in [0.29, 0.717) is 94.2 Å². The number of fused-ring (bicyclic) bond motifs is 6. The number of aliphatic imine (C=N–C) groups is 1. The van der Waals surface area contributed by atoms with Gasteiger partial charge in [0.2, 0.25) is 17.7 Å². The number of benzene rings is 3. The summed E-state index contributed by atoms with van der Waals surface area (Å²) in [6, 6.07) is 11.7. The van der Waals surface area contributed by atoms with Gasteiger partial charge in [0.05, 0.1) is 56.5 Å². The van der Waals surface area contributed by atoms with Gasteiger partial charge < -0.3 is 72.4 Å². The summed E-state index contributed by atoms with van der Waals surface area (Å²) >= 11 is 5.65. The topological polar surface area (TPSA) is 328 Å². The van der Waals surface area contributed by atoms with Gasteiger partial charge in [-0.2, -0.15) is 0 Å². The minimum Gasteiger partial charge on any atom is -0.508 e. The third kappa shape index (κ3) is 14.5. The summed E-state index contributed by atoms with van der Waals surface area (Å²) in [4.78, 5) is 79.3. The number of phenols is 2. The van der Waals surface area contributed by atoms with E-state index >= 15 is 0 Å². The minimum atomic E-state index is -1.48. The standard InChI is InChI=1S/C45H57ClN8O13/c46-25-36(57)35(4-1-13-52-44(48)49)54-40(59)26-53-42(61)34(47)11-12-39(58)50-14-2-16-63-18-20-65-21-19-64-17-3-15-51-41(60)27-5-8-30-33(22-27)45(67-43(30)62)31-9-6-28(55)23-37(31)66-38-24-29(56)7-10-32(38)45/h5-10,22-24,34-35,55-56H,1-4,11-21,25-26,47H2,(H,50,58)(H,51,60)(H,53,61)(H,54,59)(H4,48,49,52)/t34-,35-/m0/s1. The number of amides is 4. The van der Waals surface area contributed by atoms with Crippen LogP contribution in [0.5, 0.6) is 23.0 Å². The average molecular weight is 953 g/mol. The van der Waals surface area contributed by atoms with E-state index in [4.69, 9.17) is 52.5 Å². The highest BCUT2D eigenvalue weighted by Crippen LogP contribution is 2.57. The highest BCUT2D eigenvalue weighted by molar-refractivity contribution is 6.28. The zero-order valence-corrected chi connectivity index (χ0v) is 37.6. The van der Waals surface area contributed by atoms with Crippen LogP contribution in [0, 0.1) is 0 Å². The van der Waals surface area contributed by atoms with E-state index < -0.39 is 47.8 Å². The lowest BCUT2D eigenvalue weighted by molar-refractivity contribution is -0.129. The number of ether oxygens (including phenoxy) is 5. The summed E-state index contributed by atoms with van der Waals surface area (Å²) in [5.74, 6) is -2.91. The van der Waals surface area contributed by atoms with Gasteiger partial charge in [-0.15, -0.1) is 11.6 Å². The normalized spacial score (nSPS) is 13.7. The summed E-state index contributed by atoms with van der Waals surface area (Å²) in [7, 11) is 0. The SMILES string of the molecule is NC(N)=NCCC[C@H](NC(=O)CNC(=O)[C@@H](N)CCC(=O)NCCCOCCOCCOCCCNC(=O)c1ccc2c(c1)C1(OC2=O)c2ccc(O)cc2Oc2cc(O)ccc21)C(=O)CCl. The third-order valence-electron chi connectivity index (χ3n) is 10.6. The van der Waals surface area contributed by atoms with Crippen molar-refractivity contribution in [2.75, 3.05) is 71.7 Å². The largest absolute Gasteiger partial charge is 0.508 e. The molecular weight excluding hydrogens is 896 g/mol. The highest BCUT2D eigenvalue weighted by Gasteiger charge is 2.54. The van der Waals surface area contributed by atoms with Gasteiger partial charge in [0.1, 0.15) is 23.0 Å². The van der Waals surface area contributed by atoms with Crippen LogP contribution in [-0.2, 0) is 43.7 Å². The van der Waals surface area contributed by atoms with Gasteiger partial charge in [-0.3, -0.25) is 29.0 Å². The fraction of sp³-hybridized carbons (Fsp3) is 0.444. The van der Waals surface area contributed by atoms with Crippen molar-refractivity contribution in [3.8, 4) is 23.0 Å². The Balaban J connectivity index is 0.879. The molecule has 12 N–H and O–H groups in total. The van der Waals surface area contributed by atoms with Crippen LogP contribution in [0.25, 0.3) is 0 Å². The quantitative estimate of drug-likeness (QED) is 0.0161. The van der Waals surface area contributed by atoms with Crippen molar-refractivity contribution in [1.29, 1.82) is 0 Å². The first-order valence-corrected chi connectivity index (χ1v) is 22.2. The lowest BCUT2D eigenvalue weighted by Gasteiger charge is -2.36. The number of carbonyl (C=O) groups is 6. The number of nitrogens with one attached hydrogen (secondary N) is 4. The van der Waals surface area contributed by atoms with Crippen LogP contribution >= 0.6 is 11.6 Å². The summed E-state index contributed by atoms with van der Waals surface area (Å²) in [6.07, 6.45) is 1.80. The zero-order chi connectivity index (χ0) is 48.3. The van der Waals surface area contributed by atoms with E-state index in [9.17, 15) is 39.0 Å². The van der Waals surface area contributed by atoms with Gasteiger partial charge in [0.25, 0.3) is 5.91 Å². The Morgan fingerprint density at radius 3 is 1.97 bits per heavy atom. The predicted octanol–water partition coefficient (Wildman–Crippen LogP) is 0.912. The van der Waals surface area contributed by atoms with E-state index in [1.165, 1.54) is 24.3 Å². The number of Topliss-reactive ketones (excluding diaryl/α,β-unsaturated/α-hetero) is 1. The molecule has 3 aromatic rings. The first-order valence-electron chi connectivity index (χ1n) is 21.7. The lowest BCUT2D eigenvalue weighted by Crippen LogP contribution is -2.49. The molecule has 0 saturated heterocycles. The Hall–Kier alpha value is -6.52. The Kier molecular flexibility index (Phi) is 19.5. The number of hydrogen-bond donors (Lipinski definition) is 9. The van der Waals surface area contributed by atoms with E-state index in [1.807, 2.05) is 0 Å². The number of halogens is 1. The molecule has 67 heavy (non-hydrogen) atoms. The molecule has 0 unspecified atom stereocenters. The van der Waals surface area contributed by atoms with E-state index in [0.717, 1.165) is 0 Å². The molecule has 2 aliphatic rings. The fourth-order valence-electron chi connectivity index (χ4n) is 7.22. The van der Waals surface area contributed by atoms with Crippen molar-refractivity contribution in [3.05, 3.63) is 82.4 Å². The number of nitrogens with two attached hydrogens (primary N) is 3. The van der Waals surface area contributed by atoms with E-state index in [2.05, 4.69) is 26.3 Å². The Labute approximate surface area is 391 Å². The van der Waals surface area contributed by atoms with Crippen molar-refractivity contribution in [2.24, 2.45) is 22.2 Å². The molecule has 2 aliphatic heterocycles. The van der Waals surface area contributed by atoms with Crippen LogP contribution < -0.4 is 43.2 Å². The van der Waals surface area contributed by atoms with Crippen molar-refractivity contribution in [1.82, 2.24) is 21.3 Å². The number of aromatic hydroxyl groups is 2. The molecule has 1 spiro atoms. The maximum absolute atomic E-state index is 13.2. The number of hydrogen-bond acceptors (Lipinski definition) is 15. The molecular formula is C45H57ClN8O13. The second-order valence-electron chi connectivity index (χ2n) is 15.5. The highest BCUT2D eigenvalue weighted by atomic mass is 35.5. The first-order chi connectivity index (χ1) is 32.2. The van der Waals surface area contributed by atoms with Crippen molar-refractivity contribution >= 4 is 52.9 Å². The lowest BCUT2D eigenvalue weighted by atomic mass is 9.77. The van der Waals surface area contributed by atoms with Gasteiger partial charge in [-0.05, 0) is 74.6 Å². The number of rotatable bonds is 28. The second kappa shape index (κ2) is 25.4. The summed E-state index contributed by atoms with van der Waals surface area (Å²) < 4.78 is 28.8. The molecule has 0 radical (unpaired) electrons. The molecule has 2 atom stereocenters. The number of carbonyl (C=O) groups excluding carboxylic acids is 6. The van der Waals surface area contributed by atoms with E-state index in [1.54, 1.807) is 30.3 Å². The molecule has 4 amide bonds. The van der Waals surface area contributed by atoms with Gasteiger partial charge >= 0.3 is 5.97 Å². The van der Waals surface area contributed by atoms with Crippen molar-refractivity contribution in [2.45, 2.75) is 56.2 Å². The van der Waals surface area contributed by atoms with Gasteiger partial charge in [0.15, 0.2) is 17.3 Å². The van der Waals surface area contributed by atoms with Crippen LogP contribution in [0.2, 0.25) is 0 Å². The monoisotopic (exact) mass is 952 g/mol. The third-order valence-corrected chi connectivity index (χ3v) is 10.8. The maximum atomic E-state index is 13.2. The van der Waals surface area contributed by atoms with Gasteiger partial charge in [0, 0.05) is 73.7 Å². The summed E-state index contributed by atoms with van der Waals surface area (Å²) in [5.41, 5.74) is 16.9. The molecule has 0 bridgehead atoms. The van der Waals surface area contributed by atoms with Crippen LogP contribution in [0.3, 0.4) is 0 Å². The number of nitrogens with zero attached hydrogens (tertiary/aromatic N) is 1. The maximum Gasteiger partial charge on any atom is 0.340 e. The smallest absolute Gasteiger partial charge is 0.340 e. The van der Waals surface area contributed by atoms with Crippen LogP contribution in [0.4, 0.5) is 0 Å². The number of alkyl halides is 1. The van der Waals surface area contributed by atoms with Crippen LogP contribution in [-0.4, -0.2) is 135 Å². The van der Waals surface area contributed by atoms with Crippen molar-refractivity contribution in [3.63, 3.8) is 0 Å². The number of ketones is 1. The molecule has 22 heteroatoms.